The monoisotopic (exact) mass is 336 g/mol. The summed E-state index contributed by atoms with van der Waals surface area (Å²) in [7, 11) is 0. The van der Waals surface area contributed by atoms with E-state index in [2.05, 4.69) is 67.6 Å². The summed E-state index contributed by atoms with van der Waals surface area (Å²) in [6.45, 7) is 2.12. The van der Waals surface area contributed by atoms with Crippen LogP contribution in [-0.4, -0.2) is 5.11 Å². The molecule has 4 aromatic rings. The molecule has 0 saturated heterocycles. The summed E-state index contributed by atoms with van der Waals surface area (Å²) in [5.74, 6) is 0.297. The minimum Gasteiger partial charge on any atom is -0.507 e. The van der Waals surface area contributed by atoms with Crippen molar-refractivity contribution in [2.24, 2.45) is 0 Å². The molecule has 0 amide bonds. The first-order chi connectivity index (χ1) is 12.7. The standard InChI is InChI=1S/C25H20O/c1-18-16-22(19-10-4-2-5-11-19)25(21-14-8-9-15-24(21)26)23(17-18)20-12-6-3-7-13-20/h2-17,26H,1H3. The molecule has 0 aliphatic carbocycles. The molecule has 0 spiro atoms. The SMILES string of the molecule is Cc1cc(-c2ccccc2)c(-c2ccccc2O)c(-c2ccccc2)c1. The number of phenolic OH excluding ortho intramolecular Hbond substituents is 1. The lowest BCUT2D eigenvalue weighted by atomic mass is 9.86. The van der Waals surface area contributed by atoms with Crippen LogP contribution in [0.15, 0.2) is 97.1 Å². The second-order valence-electron chi connectivity index (χ2n) is 6.48. The van der Waals surface area contributed by atoms with Crippen LogP contribution in [0, 0.1) is 6.92 Å². The quantitative estimate of drug-likeness (QED) is 0.441. The molecule has 0 saturated carbocycles. The van der Waals surface area contributed by atoms with Crippen molar-refractivity contribution in [2.75, 3.05) is 0 Å². The van der Waals surface area contributed by atoms with Crippen molar-refractivity contribution in [2.45, 2.75) is 6.92 Å². The van der Waals surface area contributed by atoms with Crippen LogP contribution in [0.1, 0.15) is 5.56 Å². The van der Waals surface area contributed by atoms with E-state index in [0.29, 0.717) is 5.75 Å². The predicted molar refractivity (Wildman–Crippen MR) is 109 cm³/mol. The maximum Gasteiger partial charge on any atom is 0.123 e. The summed E-state index contributed by atoms with van der Waals surface area (Å²) in [5.41, 5.74) is 7.66. The highest BCUT2D eigenvalue weighted by molar-refractivity contribution is 5.96. The number of phenols is 1. The van der Waals surface area contributed by atoms with E-state index in [1.165, 1.54) is 5.56 Å². The predicted octanol–water partition coefficient (Wildman–Crippen LogP) is 6.70. The molecule has 4 aromatic carbocycles. The van der Waals surface area contributed by atoms with E-state index in [0.717, 1.165) is 33.4 Å². The van der Waals surface area contributed by atoms with Crippen LogP contribution in [0.4, 0.5) is 0 Å². The second-order valence-corrected chi connectivity index (χ2v) is 6.48. The summed E-state index contributed by atoms with van der Waals surface area (Å²) in [5, 5.41) is 10.6. The second kappa shape index (κ2) is 6.89. The van der Waals surface area contributed by atoms with E-state index in [9.17, 15) is 5.11 Å². The molecule has 0 atom stereocenters. The molecule has 0 aromatic heterocycles. The Morgan fingerprint density at radius 3 is 1.50 bits per heavy atom. The van der Waals surface area contributed by atoms with Crippen LogP contribution in [0.2, 0.25) is 0 Å². The Balaban J connectivity index is 2.10. The fraction of sp³-hybridized carbons (Fsp3) is 0.0400. The van der Waals surface area contributed by atoms with E-state index in [1.54, 1.807) is 6.07 Å². The van der Waals surface area contributed by atoms with Crippen LogP contribution in [-0.2, 0) is 0 Å². The smallest absolute Gasteiger partial charge is 0.123 e. The fourth-order valence-corrected chi connectivity index (χ4v) is 3.45. The molecule has 0 bridgehead atoms. The zero-order valence-electron chi connectivity index (χ0n) is 14.7. The van der Waals surface area contributed by atoms with Crippen LogP contribution in [0.3, 0.4) is 0 Å². The van der Waals surface area contributed by atoms with Gasteiger partial charge in [-0.05, 0) is 40.8 Å². The highest BCUT2D eigenvalue weighted by atomic mass is 16.3. The van der Waals surface area contributed by atoms with Gasteiger partial charge < -0.3 is 5.11 Å². The molecule has 0 heterocycles. The minimum absolute atomic E-state index is 0.297. The number of rotatable bonds is 3. The first kappa shape index (κ1) is 16.2. The average molecular weight is 336 g/mol. The highest BCUT2D eigenvalue weighted by Crippen LogP contribution is 2.43. The van der Waals surface area contributed by atoms with E-state index in [-0.39, 0.29) is 0 Å². The maximum atomic E-state index is 10.6. The van der Waals surface area contributed by atoms with Gasteiger partial charge in [0.05, 0.1) is 0 Å². The van der Waals surface area contributed by atoms with Gasteiger partial charge in [-0.25, -0.2) is 0 Å². The van der Waals surface area contributed by atoms with Crippen molar-refractivity contribution in [3.05, 3.63) is 103 Å². The van der Waals surface area contributed by atoms with Gasteiger partial charge in [0.15, 0.2) is 0 Å². The van der Waals surface area contributed by atoms with Gasteiger partial charge in [-0.1, -0.05) is 91.0 Å². The Hall–Kier alpha value is -3.32. The molecule has 26 heavy (non-hydrogen) atoms. The van der Waals surface area contributed by atoms with E-state index >= 15 is 0 Å². The van der Waals surface area contributed by atoms with Crippen LogP contribution >= 0.6 is 0 Å². The number of para-hydroxylation sites is 1. The average Bonchev–Trinajstić information content (AvgIpc) is 2.69. The molecule has 0 fully saturated rings. The molecule has 1 N–H and O–H groups in total. The summed E-state index contributed by atoms with van der Waals surface area (Å²) in [6, 6.07) is 32.7. The topological polar surface area (TPSA) is 20.2 Å². The van der Waals surface area contributed by atoms with Crippen molar-refractivity contribution in [3.8, 4) is 39.1 Å². The number of benzene rings is 4. The van der Waals surface area contributed by atoms with Gasteiger partial charge in [0.25, 0.3) is 0 Å². The minimum atomic E-state index is 0.297. The molecular weight excluding hydrogens is 316 g/mol. The van der Waals surface area contributed by atoms with Crippen LogP contribution in [0.5, 0.6) is 5.75 Å². The normalized spacial score (nSPS) is 10.7. The number of aryl methyl sites for hydroxylation is 1. The molecular formula is C25H20O. The lowest BCUT2D eigenvalue weighted by molar-refractivity contribution is 0.477. The molecule has 126 valence electrons. The lowest BCUT2D eigenvalue weighted by Gasteiger charge is -2.18. The van der Waals surface area contributed by atoms with Crippen LogP contribution < -0.4 is 0 Å². The van der Waals surface area contributed by atoms with E-state index in [4.69, 9.17) is 0 Å². The van der Waals surface area contributed by atoms with Crippen LogP contribution in [0.25, 0.3) is 33.4 Å². The van der Waals surface area contributed by atoms with Gasteiger partial charge in [0.1, 0.15) is 5.75 Å². The van der Waals surface area contributed by atoms with Gasteiger partial charge in [0.2, 0.25) is 0 Å². The number of hydrogen-bond donors (Lipinski definition) is 1. The van der Waals surface area contributed by atoms with E-state index < -0.39 is 0 Å². The van der Waals surface area contributed by atoms with Crippen molar-refractivity contribution >= 4 is 0 Å². The third-order valence-electron chi connectivity index (χ3n) is 4.63. The van der Waals surface area contributed by atoms with Crippen molar-refractivity contribution in [1.29, 1.82) is 0 Å². The van der Waals surface area contributed by atoms with Gasteiger partial charge in [-0.15, -0.1) is 0 Å². The number of aromatic hydroxyl groups is 1. The summed E-state index contributed by atoms with van der Waals surface area (Å²) < 4.78 is 0. The Morgan fingerprint density at radius 2 is 1.00 bits per heavy atom. The van der Waals surface area contributed by atoms with Gasteiger partial charge in [-0.3, -0.25) is 0 Å². The van der Waals surface area contributed by atoms with E-state index in [1.807, 2.05) is 30.3 Å². The Bertz CT molecular complexity index is 973. The van der Waals surface area contributed by atoms with Crippen molar-refractivity contribution in [1.82, 2.24) is 0 Å². The third kappa shape index (κ3) is 3.00. The zero-order chi connectivity index (χ0) is 17.9. The maximum absolute atomic E-state index is 10.6. The lowest BCUT2D eigenvalue weighted by Crippen LogP contribution is -1.92. The summed E-state index contributed by atoms with van der Waals surface area (Å²) >= 11 is 0. The molecule has 0 aliphatic heterocycles. The molecule has 1 heteroatoms. The zero-order valence-corrected chi connectivity index (χ0v) is 14.7. The first-order valence-corrected chi connectivity index (χ1v) is 8.78. The summed E-state index contributed by atoms with van der Waals surface area (Å²) in [4.78, 5) is 0. The Morgan fingerprint density at radius 1 is 0.538 bits per heavy atom. The molecule has 4 rings (SSSR count). The third-order valence-corrected chi connectivity index (χ3v) is 4.63. The first-order valence-electron chi connectivity index (χ1n) is 8.78. The molecule has 1 nitrogen and oxygen atoms in total. The Kier molecular flexibility index (Phi) is 4.28. The van der Waals surface area contributed by atoms with Crippen molar-refractivity contribution in [3.63, 3.8) is 0 Å². The largest absolute Gasteiger partial charge is 0.507 e. The van der Waals surface area contributed by atoms with Gasteiger partial charge in [0, 0.05) is 11.1 Å². The van der Waals surface area contributed by atoms with Gasteiger partial charge >= 0.3 is 0 Å². The highest BCUT2D eigenvalue weighted by Gasteiger charge is 2.17. The molecule has 0 unspecified atom stereocenters. The summed E-state index contributed by atoms with van der Waals surface area (Å²) in [6.07, 6.45) is 0. The number of hydrogen-bond acceptors (Lipinski definition) is 1. The molecule has 0 radical (unpaired) electrons. The van der Waals surface area contributed by atoms with Gasteiger partial charge in [-0.2, -0.15) is 0 Å². The fourth-order valence-electron chi connectivity index (χ4n) is 3.45. The van der Waals surface area contributed by atoms with Crippen molar-refractivity contribution < 1.29 is 5.11 Å². The molecule has 0 aliphatic rings. The Labute approximate surface area is 154 Å².